The van der Waals surface area contributed by atoms with Crippen LogP contribution in [0.3, 0.4) is 0 Å². The van der Waals surface area contributed by atoms with E-state index in [9.17, 15) is 4.39 Å². The topological polar surface area (TPSA) is 48.5 Å². The fourth-order valence-corrected chi connectivity index (χ4v) is 2.79. The molecule has 1 aromatic carbocycles. The van der Waals surface area contributed by atoms with Gasteiger partial charge in [0.1, 0.15) is 11.5 Å². The largest absolute Gasteiger partial charge is 0.275 e. The number of aromatic nitrogens is 5. The SMILES string of the molecule is Cn1cc(-c2ccnc3c2cnn3C)c(-c2ccc(F)cc2)n1. The number of fused-ring (bicyclic) bond motifs is 1. The lowest BCUT2D eigenvalue weighted by atomic mass is 10.0. The predicted octanol–water partition coefficient (Wildman–Crippen LogP) is 3.17. The molecule has 3 aromatic heterocycles. The van der Waals surface area contributed by atoms with Gasteiger partial charge in [-0.15, -0.1) is 0 Å². The van der Waals surface area contributed by atoms with Crippen LogP contribution >= 0.6 is 0 Å². The van der Waals surface area contributed by atoms with Crippen LogP contribution in [0.5, 0.6) is 0 Å². The second kappa shape index (κ2) is 5.01. The van der Waals surface area contributed by atoms with Crippen LogP contribution in [-0.4, -0.2) is 24.5 Å². The Morgan fingerprint density at radius 1 is 1.00 bits per heavy atom. The van der Waals surface area contributed by atoms with Crippen molar-refractivity contribution in [3.8, 4) is 22.4 Å². The van der Waals surface area contributed by atoms with Crippen molar-refractivity contribution in [2.24, 2.45) is 14.1 Å². The van der Waals surface area contributed by atoms with E-state index in [1.165, 1.54) is 12.1 Å². The summed E-state index contributed by atoms with van der Waals surface area (Å²) < 4.78 is 16.7. The third-order valence-electron chi connectivity index (χ3n) is 3.87. The van der Waals surface area contributed by atoms with Crippen molar-refractivity contribution in [1.29, 1.82) is 0 Å². The van der Waals surface area contributed by atoms with Gasteiger partial charge < -0.3 is 0 Å². The number of halogens is 1. The molecule has 0 saturated carbocycles. The van der Waals surface area contributed by atoms with E-state index >= 15 is 0 Å². The Morgan fingerprint density at radius 2 is 1.78 bits per heavy atom. The number of pyridine rings is 1. The van der Waals surface area contributed by atoms with Crippen LogP contribution in [0.2, 0.25) is 0 Å². The second-order valence-corrected chi connectivity index (χ2v) is 5.44. The van der Waals surface area contributed by atoms with Gasteiger partial charge in [-0.3, -0.25) is 9.36 Å². The molecule has 4 rings (SSSR count). The van der Waals surface area contributed by atoms with E-state index in [1.807, 2.05) is 26.4 Å². The maximum atomic E-state index is 13.2. The molecule has 0 aliphatic heterocycles. The second-order valence-electron chi connectivity index (χ2n) is 5.44. The number of rotatable bonds is 2. The highest BCUT2D eigenvalue weighted by molar-refractivity contribution is 5.96. The zero-order valence-corrected chi connectivity index (χ0v) is 12.7. The quantitative estimate of drug-likeness (QED) is 0.571. The first kappa shape index (κ1) is 13.6. The average Bonchev–Trinajstić information content (AvgIpc) is 3.12. The number of benzene rings is 1. The van der Waals surface area contributed by atoms with Gasteiger partial charge in [-0.25, -0.2) is 9.37 Å². The van der Waals surface area contributed by atoms with Gasteiger partial charge in [-0.1, -0.05) is 0 Å². The highest BCUT2D eigenvalue weighted by atomic mass is 19.1. The molecule has 0 unspecified atom stereocenters. The Hall–Kier alpha value is -3.02. The van der Waals surface area contributed by atoms with Gasteiger partial charge in [0.2, 0.25) is 0 Å². The number of nitrogens with zero attached hydrogens (tertiary/aromatic N) is 5. The van der Waals surface area contributed by atoms with Crippen molar-refractivity contribution >= 4 is 11.0 Å². The summed E-state index contributed by atoms with van der Waals surface area (Å²) in [6.45, 7) is 0. The smallest absolute Gasteiger partial charge is 0.158 e. The maximum Gasteiger partial charge on any atom is 0.158 e. The summed E-state index contributed by atoms with van der Waals surface area (Å²) in [4.78, 5) is 4.37. The van der Waals surface area contributed by atoms with Crippen molar-refractivity contribution < 1.29 is 4.39 Å². The van der Waals surface area contributed by atoms with Crippen molar-refractivity contribution in [2.45, 2.75) is 0 Å². The Bertz CT molecular complexity index is 998. The molecule has 0 atom stereocenters. The molecule has 0 aliphatic carbocycles. The highest BCUT2D eigenvalue weighted by Gasteiger charge is 2.16. The number of hydrogen-bond acceptors (Lipinski definition) is 3. The van der Waals surface area contributed by atoms with E-state index in [2.05, 4.69) is 15.2 Å². The molecule has 0 N–H and O–H groups in total. The normalized spacial score (nSPS) is 11.3. The van der Waals surface area contributed by atoms with Gasteiger partial charge in [0.05, 0.1) is 6.20 Å². The first-order chi connectivity index (χ1) is 11.1. The van der Waals surface area contributed by atoms with Gasteiger partial charge in [0.25, 0.3) is 0 Å². The minimum absolute atomic E-state index is 0.259. The van der Waals surface area contributed by atoms with Crippen LogP contribution in [0, 0.1) is 5.82 Å². The van der Waals surface area contributed by atoms with Crippen LogP contribution in [-0.2, 0) is 14.1 Å². The molecule has 114 valence electrons. The van der Waals surface area contributed by atoms with Crippen molar-refractivity contribution in [2.75, 3.05) is 0 Å². The van der Waals surface area contributed by atoms with E-state index in [0.717, 1.165) is 33.4 Å². The molecule has 5 nitrogen and oxygen atoms in total. The van der Waals surface area contributed by atoms with Crippen molar-refractivity contribution in [3.63, 3.8) is 0 Å². The van der Waals surface area contributed by atoms with Gasteiger partial charge in [-0.05, 0) is 35.9 Å². The zero-order chi connectivity index (χ0) is 16.0. The van der Waals surface area contributed by atoms with Crippen LogP contribution < -0.4 is 0 Å². The summed E-state index contributed by atoms with van der Waals surface area (Å²) in [7, 11) is 3.74. The summed E-state index contributed by atoms with van der Waals surface area (Å²) in [6.07, 6.45) is 5.53. The molecule has 3 heterocycles. The lowest BCUT2D eigenvalue weighted by molar-refractivity contribution is 0.628. The first-order valence-corrected chi connectivity index (χ1v) is 7.20. The highest BCUT2D eigenvalue weighted by Crippen LogP contribution is 2.34. The third-order valence-corrected chi connectivity index (χ3v) is 3.87. The molecular formula is C17H14FN5. The van der Waals surface area contributed by atoms with E-state index < -0.39 is 0 Å². The van der Waals surface area contributed by atoms with Crippen molar-refractivity contribution in [3.05, 3.63) is 54.7 Å². The molecule has 4 aromatic rings. The van der Waals surface area contributed by atoms with E-state index in [4.69, 9.17) is 0 Å². The van der Waals surface area contributed by atoms with Gasteiger partial charge in [-0.2, -0.15) is 10.2 Å². The molecule has 0 saturated heterocycles. The fourth-order valence-electron chi connectivity index (χ4n) is 2.79. The Balaban J connectivity index is 1.97. The summed E-state index contributed by atoms with van der Waals surface area (Å²) in [5, 5.41) is 9.79. The Labute approximate surface area is 132 Å². The summed E-state index contributed by atoms with van der Waals surface area (Å²) in [6, 6.07) is 8.32. The molecule has 0 radical (unpaired) electrons. The molecule has 0 spiro atoms. The maximum absolute atomic E-state index is 13.2. The average molecular weight is 307 g/mol. The van der Waals surface area contributed by atoms with Gasteiger partial charge in [0.15, 0.2) is 5.65 Å². The van der Waals surface area contributed by atoms with Crippen LogP contribution in [0.1, 0.15) is 0 Å². The minimum Gasteiger partial charge on any atom is -0.275 e. The van der Waals surface area contributed by atoms with Crippen LogP contribution in [0.4, 0.5) is 4.39 Å². The summed E-state index contributed by atoms with van der Waals surface area (Å²) >= 11 is 0. The summed E-state index contributed by atoms with van der Waals surface area (Å²) in [5.74, 6) is -0.259. The molecule has 0 amide bonds. The number of hydrogen-bond donors (Lipinski definition) is 0. The molecule has 0 aliphatic rings. The lowest BCUT2D eigenvalue weighted by Gasteiger charge is -2.04. The monoisotopic (exact) mass is 307 g/mol. The van der Waals surface area contributed by atoms with E-state index in [1.54, 1.807) is 33.9 Å². The van der Waals surface area contributed by atoms with Gasteiger partial charge >= 0.3 is 0 Å². The molecular weight excluding hydrogens is 293 g/mol. The number of aryl methyl sites for hydroxylation is 2. The third kappa shape index (κ3) is 2.19. The first-order valence-electron chi connectivity index (χ1n) is 7.20. The molecule has 0 fully saturated rings. The Kier molecular flexibility index (Phi) is 2.97. The lowest BCUT2D eigenvalue weighted by Crippen LogP contribution is -1.91. The molecule has 23 heavy (non-hydrogen) atoms. The zero-order valence-electron chi connectivity index (χ0n) is 12.7. The van der Waals surface area contributed by atoms with Crippen molar-refractivity contribution in [1.82, 2.24) is 24.5 Å². The molecule has 6 heteroatoms. The fraction of sp³-hybridized carbons (Fsp3) is 0.118. The summed E-state index contributed by atoms with van der Waals surface area (Å²) in [5.41, 5.74) is 4.48. The standard InChI is InChI=1S/C17H14FN5/c1-22-10-15(16(21-22)11-3-5-12(18)6-4-11)13-7-8-19-17-14(13)9-20-23(17)2/h3-10H,1-2H3. The van der Waals surface area contributed by atoms with E-state index in [-0.39, 0.29) is 5.82 Å². The Morgan fingerprint density at radius 3 is 2.57 bits per heavy atom. The minimum atomic E-state index is -0.259. The van der Waals surface area contributed by atoms with Crippen LogP contribution in [0.25, 0.3) is 33.4 Å². The predicted molar refractivity (Wildman–Crippen MR) is 86.1 cm³/mol. The van der Waals surface area contributed by atoms with Gasteiger partial charge in [0, 0.05) is 43.0 Å². The molecule has 0 bridgehead atoms. The van der Waals surface area contributed by atoms with Crippen LogP contribution in [0.15, 0.2) is 48.9 Å². The van der Waals surface area contributed by atoms with E-state index in [0.29, 0.717) is 0 Å².